The van der Waals surface area contributed by atoms with Gasteiger partial charge in [-0.05, 0) is 68.0 Å². The number of nitrogens with one attached hydrogen (secondary N) is 1. The van der Waals surface area contributed by atoms with Crippen LogP contribution in [0.5, 0.6) is 0 Å². The number of nitrogens with zero attached hydrogens (tertiary/aromatic N) is 2. The van der Waals surface area contributed by atoms with Gasteiger partial charge in [0.1, 0.15) is 18.0 Å². The first kappa shape index (κ1) is 24.4. The first-order valence-corrected chi connectivity index (χ1v) is 10.4. The lowest BCUT2D eigenvalue weighted by Crippen LogP contribution is -2.65. The maximum absolute atomic E-state index is 13.4. The number of hydrogen-bond acceptors (Lipinski definition) is 6. The summed E-state index contributed by atoms with van der Waals surface area (Å²) in [5.41, 5.74) is -2.08. The Morgan fingerprint density at radius 2 is 2.06 bits per heavy atom. The molecule has 6 nitrogen and oxygen atoms in total. The quantitative estimate of drug-likeness (QED) is 0.349. The van der Waals surface area contributed by atoms with Crippen LogP contribution in [0.25, 0.3) is 0 Å². The van der Waals surface area contributed by atoms with E-state index in [2.05, 4.69) is 11.9 Å². The molecule has 0 spiro atoms. The summed E-state index contributed by atoms with van der Waals surface area (Å²) in [6.45, 7) is 4.95. The van der Waals surface area contributed by atoms with E-state index in [0.29, 0.717) is 23.2 Å². The van der Waals surface area contributed by atoms with Gasteiger partial charge in [0.2, 0.25) is 0 Å². The Bertz CT molecular complexity index is 1080. The standard InChI is InChI=1S/C24H24F3N3O3/c1-3-18(6-4-14(2)11-28)33-13-23(32)21(31)7-5-15-8-16-9-19(24(25,26)27)17(12-29)10-20(16)30-22(15)23/h3-4,6,9-10,15,21-22,30-32H,1,5,7-8,13H2,2H3/b14-4+,18-6+. The number of benzene rings is 1. The summed E-state index contributed by atoms with van der Waals surface area (Å²) < 4.78 is 45.8. The molecule has 0 amide bonds. The minimum Gasteiger partial charge on any atom is -0.490 e. The van der Waals surface area contributed by atoms with Gasteiger partial charge in [-0.15, -0.1) is 0 Å². The summed E-state index contributed by atoms with van der Waals surface area (Å²) in [6.07, 6.45) is -0.345. The zero-order chi connectivity index (χ0) is 24.4. The number of halogens is 3. The normalized spacial score (nSPS) is 27.3. The molecule has 174 valence electrons. The van der Waals surface area contributed by atoms with Crippen molar-refractivity contribution in [2.45, 2.75) is 50.1 Å². The van der Waals surface area contributed by atoms with Crippen molar-refractivity contribution >= 4 is 5.69 Å². The second-order valence-electron chi connectivity index (χ2n) is 8.36. The molecule has 3 N–H and O–H groups in total. The van der Waals surface area contributed by atoms with Crippen molar-refractivity contribution in [3.05, 3.63) is 65.0 Å². The molecule has 1 saturated carbocycles. The zero-order valence-electron chi connectivity index (χ0n) is 18.0. The Morgan fingerprint density at radius 1 is 1.33 bits per heavy atom. The van der Waals surface area contributed by atoms with Crippen LogP contribution in [0.1, 0.15) is 36.5 Å². The second kappa shape index (κ2) is 9.30. The van der Waals surface area contributed by atoms with E-state index in [1.807, 2.05) is 6.07 Å². The van der Waals surface area contributed by atoms with E-state index < -0.39 is 35.1 Å². The van der Waals surface area contributed by atoms with Crippen molar-refractivity contribution in [3.63, 3.8) is 0 Å². The molecule has 0 radical (unpaired) electrons. The Kier molecular flexibility index (Phi) is 6.87. The molecule has 1 aliphatic carbocycles. The predicted octanol–water partition coefficient (Wildman–Crippen LogP) is 3.97. The lowest BCUT2D eigenvalue weighted by Gasteiger charge is -2.50. The van der Waals surface area contributed by atoms with Crippen molar-refractivity contribution in [2.75, 3.05) is 11.9 Å². The molecule has 2 aliphatic rings. The van der Waals surface area contributed by atoms with E-state index in [9.17, 15) is 28.6 Å². The van der Waals surface area contributed by atoms with Crippen LogP contribution in [0.3, 0.4) is 0 Å². The average molecular weight is 459 g/mol. The molecule has 4 unspecified atom stereocenters. The van der Waals surface area contributed by atoms with Gasteiger partial charge in [-0.3, -0.25) is 0 Å². The van der Waals surface area contributed by atoms with Gasteiger partial charge in [-0.25, -0.2) is 0 Å². The van der Waals surface area contributed by atoms with Gasteiger partial charge in [0.15, 0.2) is 0 Å². The van der Waals surface area contributed by atoms with Crippen molar-refractivity contribution in [3.8, 4) is 12.1 Å². The van der Waals surface area contributed by atoms with Crippen molar-refractivity contribution < 1.29 is 28.1 Å². The van der Waals surface area contributed by atoms with E-state index in [1.54, 1.807) is 13.0 Å². The topological polar surface area (TPSA) is 109 Å². The lowest BCUT2D eigenvalue weighted by molar-refractivity contribution is -0.149. The highest BCUT2D eigenvalue weighted by molar-refractivity contribution is 5.62. The summed E-state index contributed by atoms with van der Waals surface area (Å²) in [4.78, 5) is 0. The summed E-state index contributed by atoms with van der Waals surface area (Å²) in [5.74, 6) is 0.0329. The summed E-state index contributed by atoms with van der Waals surface area (Å²) in [5, 5.41) is 43.2. The molecular weight excluding hydrogens is 435 g/mol. The van der Waals surface area contributed by atoms with E-state index in [0.717, 1.165) is 12.1 Å². The van der Waals surface area contributed by atoms with E-state index in [1.165, 1.54) is 18.2 Å². The molecule has 0 aromatic heterocycles. The molecule has 0 bridgehead atoms. The molecule has 1 heterocycles. The number of aliphatic hydroxyl groups excluding tert-OH is 1. The Morgan fingerprint density at radius 3 is 2.67 bits per heavy atom. The van der Waals surface area contributed by atoms with Crippen LogP contribution >= 0.6 is 0 Å². The predicted molar refractivity (Wildman–Crippen MR) is 115 cm³/mol. The van der Waals surface area contributed by atoms with Crippen LogP contribution in [0.15, 0.2) is 48.3 Å². The fraction of sp³-hybridized carbons (Fsp3) is 0.417. The van der Waals surface area contributed by atoms with Crippen molar-refractivity contribution in [2.24, 2.45) is 5.92 Å². The molecule has 9 heteroatoms. The summed E-state index contributed by atoms with van der Waals surface area (Å²) in [6, 6.07) is 4.97. The highest BCUT2D eigenvalue weighted by Gasteiger charge is 2.52. The number of hydrogen-bond donors (Lipinski definition) is 3. The molecule has 4 atom stereocenters. The van der Waals surface area contributed by atoms with Crippen molar-refractivity contribution in [1.82, 2.24) is 0 Å². The second-order valence-corrected chi connectivity index (χ2v) is 8.36. The first-order valence-electron chi connectivity index (χ1n) is 10.4. The molecule has 1 aromatic rings. The number of alkyl halides is 3. The monoisotopic (exact) mass is 459 g/mol. The molecule has 1 fully saturated rings. The third kappa shape index (κ3) is 4.90. The summed E-state index contributed by atoms with van der Waals surface area (Å²) >= 11 is 0. The highest BCUT2D eigenvalue weighted by Crippen LogP contribution is 2.44. The van der Waals surface area contributed by atoms with Crippen LogP contribution in [0.4, 0.5) is 18.9 Å². The number of rotatable bonds is 5. The minimum atomic E-state index is -4.65. The SMILES string of the molecule is C=C/C(=C\C=C(/C)C#N)OCC1(O)C(O)CCC2Cc3cc(C(F)(F)F)c(C#N)cc3NC21. The largest absolute Gasteiger partial charge is 0.490 e. The van der Waals surface area contributed by atoms with Gasteiger partial charge in [0, 0.05) is 11.3 Å². The Hall–Kier alpha value is -3.27. The van der Waals surface area contributed by atoms with Crippen LogP contribution < -0.4 is 5.32 Å². The fourth-order valence-corrected chi connectivity index (χ4v) is 4.40. The molecule has 3 rings (SSSR count). The highest BCUT2D eigenvalue weighted by atomic mass is 19.4. The van der Waals surface area contributed by atoms with Crippen LogP contribution in [-0.2, 0) is 17.3 Å². The molecule has 1 aliphatic heterocycles. The maximum Gasteiger partial charge on any atom is 0.417 e. The van der Waals surface area contributed by atoms with Gasteiger partial charge in [-0.1, -0.05) is 6.58 Å². The number of fused-ring (bicyclic) bond motifs is 2. The first-order chi connectivity index (χ1) is 15.5. The molecular formula is C24H24F3N3O3. The van der Waals surface area contributed by atoms with Gasteiger partial charge in [-0.2, -0.15) is 23.7 Å². The smallest absolute Gasteiger partial charge is 0.417 e. The maximum atomic E-state index is 13.4. The zero-order valence-corrected chi connectivity index (χ0v) is 18.0. The Labute approximate surface area is 189 Å². The van der Waals surface area contributed by atoms with Crippen LogP contribution in [0.2, 0.25) is 0 Å². The number of anilines is 1. The van der Waals surface area contributed by atoms with E-state index in [4.69, 9.17) is 10.00 Å². The number of aliphatic hydroxyl groups is 2. The minimum absolute atomic E-state index is 0.250. The number of nitriles is 2. The van der Waals surface area contributed by atoms with Gasteiger partial charge in [0.05, 0.1) is 35.4 Å². The number of ether oxygens (including phenoxy) is 1. The van der Waals surface area contributed by atoms with Gasteiger partial charge in [0.25, 0.3) is 0 Å². The third-order valence-electron chi connectivity index (χ3n) is 6.21. The van der Waals surface area contributed by atoms with Crippen molar-refractivity contribution in [1.29, 1.82) is 10.5 Å². The molecule has 0 saturated heterocycles. The average Bonchev–Trinajstić information content (AvgIpc) is 2.79. The van der Waals surface area contributed by atoms with Crippen LogP contribution in [-0.4, -0.2) is 34.6 Å². The van der Waals surface area contributed by atoms with E-state index in [-0.39, 0.29) is 31.1 Å². The fourth-order valence-electron chi connectivity index (χ4n) is 4.40. The van der Waals surface area contributed by atoms with E-state index >= 15 is 0 Å². The third-order valence-corrected chi connectivity index (χ3v) is 6.21. The van der Waals surface area contributed by atoms with Crippen LogP contribution in [0, 0.1) is 28.6 Å². The molecule has 1 aromatic carbocycles. The lowest BCUT2D eigenvalue weighted by atomic mass is 9.68. The molecule has 33 heavy (non-hydrogen) atoms. The van der Waals surface area contributed by atoms with Gasteiger partial charge >= 0.3 is 6.18 Å². The summed E-state index contributed by atoms with van der Waals surface area (Å²) in [7, 11) is 0. The number of allylic oxidation sites excluding steroid dienone is 4. The Balaban J connectivity index is 1.91. The van der Waals surface area contributed by atoms with Gasteiger partial charge < -0.3 is 20.3 Å².